The predicted molar refractivity (Wildman–Crippen MR) is 73.8 cm³/mol. The Morgan fingerprint density at radius 1 is 1.41 bits per heavy atom. The van der Waals surface area contributed by atoms with Crippen LogP contribution in [0.25, 0.3) is 0 Å². The molecule has 2 N–H and O–H groups in total. The van der Waals surface area contributed by atoms with Crippen LogP contribution in [0, 0.1) is 0 Å². The average Bonchev–Trinajstić information content (AvgIpc) is 2.79. The molecule has 2 aromatic rings. The van der Waals surface area contributed by atoms with E-state index in [0.717, 1.165) is 22.1 Å². The van der Waals surface area contributed by atoms with Crippen LogP contribution in [-0.4, -0.2) is 17.1 Å². The van der Waals surface area contributed by atoms with Crippen molar-refractivity contribution in [3.63, 3.8) is 0 Å². The quantitative estimate of drug-likeness (QED) is 0.861. The van der Waals surface area contributed by atoms with Crippen molar-refractivity contribution < 1.29 is 4.74 Å². The smallest absolute Gasteiger partial charge is 0.118 e. The highest BCUT2D eigenvalue weighted by atomic mass is 32.1. The Morgan fingerprint density at radius 2 is 2.12 bits per heavy atom. The van der Waals surface area contributed by atoms with Crippen molar-refractivity contribution in [3.8, 4) is 5.75 Å². The van der Waals surface area contributed by atoms with Crippen LogP contribution in [0.5, 0.6) is 5.75 Å². The van der Waals surface area contributed by atoms with E-state index < -0.39 is 0 Å². The Morgan fingerprint density at radius 3 is 2.65 bits per heavy atom. The van der Waals surface area contributed by atoms with E-state index in [1.165, 1.54) is 16.9 Å². The Balaban J connectivity index is 2.11. The van der Waals surface area contributed by atoms with Crippen molar-refractivity contribution >= 4 is 28.5 Å². The van der Waals surface area contributed by atoms with E-state index in [-0.39, 0.29) is 0 Å². The first-order chi connectivity index (χ1) is 8.19. The largest absolute Gasteiger partial charge is 0.497 e. The molecule has 0 aliphatic heterocycles. The third kappa shape index (κ3) is 3.01. The minimum Gasteiger partial charge on any atom is -0.497 e. The summed E-state index contributed by atoms with van der Waals surface area (Å²) in [5.74, 6) is 0.858. The van der Waals surface area contributed by atoms with Gasteiger partial charge in [-0.15, -0.1) is 11.3 Å². The Kier molecular flexibility index (Phi) is 3.71. The number of hydrogen-bond donors (Lipinski definition) is 1. The van der Waals surface area contributed by atoms with Gasteiger partial charge in [-0.25, -0.2) is 4.98 Å². The van der Waals surface area contributed by atoms with Crippen molar-refractivity contribution in [2.75, 3.05) is 7.11 Å². The van der Waals surface area contributed by atoms with Crippen LogP contribution in [-0.2, 0) is 6.42 Å². The Bertz CT molecular complexity index is 520. The Labute approximate surface area is 109 Å². The van der Waals surface area contributed by atoms with E-state index in [0.29, 0.717) is 4.99 Å². The average molecular weight is 264 g/mol. The first-order valence-corrected chi connectivity index (χ1v) is 6.29. The van der Waals surface area contributed by atoms with Crippen LogP contribution in [0.2, 0.25) is 0 Å². The molecule has 0 aliphatic carbocycles. The predicted octanol–water partition coefficient (Wildman–Crippen LogP) is 2.38. The highest BCUT2D eigenvalue weighted by molar-refractivity contribution is 7.81. The number of thiazole rings is 1. The van der Waals surface area contributed by atoms with Gasteiger partial charge in [0.25, 0.3) is 0 Å². The minimum atomic E-state index is 0.406. The summed E-state index contributed by atoms with van der Waals surface area (Å²) in [7, 11) is 1.66. The number of aromatic nitrogens is 1. The molecule has 1 aromatic carbocycles. The van der Waals surface area contributed by atoms with Gasteiger partial charge in [-0.1, -0.05) is 24.4 Å². The molecular weight excluding hydrogens is 252 g/mol. The molecule has 1 aromatic heterocycles. The minimum absolute atomic E-state index is 0.406. The lowest BCUT2D eigenvalue weighted by Crippen LogP contribution is -2.06. The highest BCUT2D eigenvalue weighted by Gasteiger charge is 2.05. The summed E-state index contributed by atoms with van der Waals surface area (Å²) in [5.41, 5.74) is 6.73. The summed E-state index contributed by atoms with van der Waals surface area (Å²) in [6.45, 7) is 0. The number of hydrogen-bond acceptors (Lipinski definition) is 4. The molecule has 17 heavy (non-hydrogen) atoms. The van der Waals surface area contributed by atoms with Gasteiger partial charge in [0.1, 0.15) is 10.7 Å². The molecule has 1 heterocycles. The fraction of sp³-hybridized carbons (Fsp3) is 0.167. The maximum Gasteiger partial charge on any atom is 0.118 e. The van der Waals surface area contributed by atoms with Gasteiger partial charge in [-0.2, -0.15) is 0 Å². The lowest BCUT2D eigenvalue weighted by molar-refractivity contribution is 0.414. The second-order valence-electron chi connectivity index (χ2n) is 3.51. The normalized spacial score (nSPS) is 10.2. The van der Waals surface area contributed by atoms with E-state index in [1.807, 2.05) is 24.3 Å². The molecule has 0 spiro atoms. The standard InChI is InChI=1S/C12H12N2OS2/c1-15-9-4-2-8(3-5-9)6-11-14-7-10(17-11)12(13)16/h2-5,7H,6H2,1H3,(H2,13,16). The number of thiocarbonyl (C=S) groups is 1. The SMILES string of the molecule is COc1ccc(Cc2ncc(C(N)=S)s2)cc1. The Hall–Kier alpha value is -1.46. The molecule has 3 nitrogen and oxygen atoms in total. The molecule has 0 unspecified atom stereocenters. The van der Waals surface area contributed by atoms with E-state index >= 15 is 0 Å². The number of ether oxygens (including phenoxy) is 1. The zero-order valence-corrected chi connectivity index (χ0v) is 11.0. The van der Waals surface area contributed by atoms with Crippen LogP contribution in [0.3, 0.4) is 0 Å². The highest BCUT2D eigenvalue weighted by Crippen LogP contribution is 2.18. The summed E-state index contributed by atoms with van der Waals surface area (Å²) in [6, 6.07) is 7.94. The molecule has 0 atom stereocenters. The van der Waals surface area contributed by atoms with Gasteiger partial charge >= 0.3 is 0 Å². The summed E-state index contributed by atoms with van der Waals surface area (Å²) in [4.78, 5) is 5.57. The third-order valence-corrected chi connectivity index (χ3v) is 3.69. The van der Waals surface area contributed by atoms with Crippen LogP contribution in [0.15, 0.2) is 30.5 Å². The lowest BCUT2D eigenvalue weighted by Gasteiger charge is -2.01. The van der Waals surface area contributed by atoms with Crippen molar-refractivity contribution in [3.05, 3.63) is 45.9 Å². The first-order valence-electron chi connectivity index (χ1n) is 5.06. The van der Waals surface area contributed by atoms with Crippen molar-refractivity contribution in [1.82, 2.24) is 4.98 Å². The van der Waals surface area contributed by atoms with Crippen LogP contribution in [0.4, 0.5) is 0 Å². The lowest BCUT2D eigenvalue weighted by atomic mass is 10.1. The van der Waals surface area contributed by atoms with Crippen molar-refractivity contribution in [1.29, 1.82) is 0 Å². The molecule has 0 radical (unpaired) electrons. The second kappa shape index (κ2) is 5.25. The van der Waals surface area contributed by atoms with Crippen LogP contribution >= 0.6 is 23.6 Å². The molecule has 5 heteroatoms. The number of benzene rings is 1. The molecule has 0 bridgehead atoms. The van der Waals surface area contributed by atoms with Gasteiger partial charge in [0.15, 0.2) is 0 Å². The molecule has 88 valence electrons. The molecule has 2 rings (SSSR count). The maximum absolute atomic E-state index is 5.54. The summed E-state index contributed by atoms with van der Waals surface area (Å²) in [6.07, 6.45) is 2.52. The third-order valence-electron chi connectivity index (χ3n) is 2.31. The molecule has 0 aliphatic rings. The van der Waals surface area contributed by atoms with Gasteiger partial charge in [0.05, 0.1) is 17.0 Å². The molecule has 0 fully saturated rings. The zero-order valence-electron chi connectivity index (χ0n) is 9.34. The zero-order chi connectivity index (χ0) is 12.3. The number of methoxy groups -OCH3 is 1. The molecule has 0 saturated heterocycles. The number of rotatable bonds is 4. The van der Waals surface area contributed by atoms with Crippen LogP contribution < -0.4 is 10.5 Å². The first kappa shape index (κ1) is 12.0. The second-order valence-corrected chi connectivity index (χ2v) is 5.06. The number of nitrogens with zero attached hydrogens (tertiary/aromatic N) is 1. The summed E-state index contributed by atoms with van der Waals surface area (Å²) >= 11 is 6.44. The van der Waals surface area contributed by atoms with Gasteiger partial charge in [0, 0.05) is 12.6 Å². The van der Waals surface area contributed by atoms with Gasteiger partial charge in [-0.05, 0) is 17.7 Å². The molecular formula is C12H12N2OS2. The number of nitrogens with two attached hydrogens (primary N) is 1. The monoisotopic (exact) mass is 264 g/mol. The van der Waals surface area contributed by atoms with E-state index in [9.17, 15) is 0 Å². The van der Waals surface area contributed by atoms with E-state index in [4.69, 9.17) is 22.7 Å². The maximum atomic E-state index is 5.54. The van der Waals surface area contributed by atoms with Gasteiger partial charge in [0.2, 0.25) is 0 Å². The fourth-order valence-electron chi connectivity index (χ4n) is 1.42. The molecule has 0 saturated carbocycles. The summed E-state index contributed by atoms with van der Waals surface area (Å²) in [5, 5.41) is 1.01. The van der Waals surface area contributed by atoms with Crippen molar-refractivity contribution in [2.24, 2.45) is 5.73 Å². The van der Waals surface area contributed by atoms with E-state index in [1.54, 1.807) is 13.3 Å². The van der Waals surface area contributed by atoms with Gasteiger partial charge in [-0.3, -0.25) is 0 Å². The van der Waals surface area contributed by atoms with Crippen molar-refractivity contribution in [2.45, 2.75) is 6.42 Å². The topological polar surface area (TPSA) is 48.1 Å². The summed E-state index contributed by atoms with van der Waals surface area (Å²) < 4.78 is 5.11. The van der Waals surface area contributed by atoms with E-state index in [2.05, 4.69) is 4.98 Å². The molecule has 0 amide bonds. The fourth-order valence-corrected chi connectivity index (χ4v) is 2.41. The van der Waals surface area contributed by atoms with Crippen LogP contribution in [0.1, 0.15) is 15.4 Å². The van der Waals surface area contributed by atoms with Gasteiger partial charge < -0.3 is 10.5 Å².